The van der Waals surface area contributed by atoms with Crippen LogP contribution in [0.25, 0.3) is 0 Å². The van der Waals surface area contributed by atoms with Gasteiger partial charge in [0.1, 0.15) is 0 Å². The van der Waals surface area contributed by atoms with E-state index in [0.29, 0.717) is 9.44 Å². The molecule has 136 valence electrons. The number of rotatable bonds is 6. The Morgan fingerprint density at radius 2 is 0.957 bits per heavy atom. The molecule has 2 amide bonds. The monoisotopic (exact) mass is 394 g/mol. The molecule has 0 bridgehead atoms. The van der Waals surface area contributed by atoms with Crippen molar-refractivity contribution in [1.29, 1.82) is 0 Å². The van der Waals surface area contributed by atoms with Crippen molar-refractivity contribution in [2.24, 2.45) is 0 Å². The van der Waals surface area contributed by atoms with Gasteiger partial charge in [-0.1, -0.05) is 0 Å². The predicted octanol–water partition coefficient (Wildman–Crippen LogP) is 0.0883. The number of carbonyl (C=O) groups excluding carboxylic acids is 2. The fraction of sp³-hybridized carbons (Fsp3) is 0.714. The molecule has 0 aliphatic rings. The molecule has 0 saturated carbocycles. The molecule has 0 aliphatic carbocycles. The lowest BCUT2D eigenvalue weighted by molar-refractivity contribution is -0.121. The second-order valence-electron chi connectivity index (χ2n) is 3.80. The summed E-state index contributed by atoms with van der Waals surface area (Å²) in [5.41, 5.74) is -11.5. The first-order valence-electron chi connectivity index (χ1n) is 5.23. The highest BCUT2D eigenvalue weighted by Crippen LogP contribution is 2.22. The largest absolute Gasteiger partial charge is 0.516 e. The van der Waals surface area contributed by atoms with Crippen LogP contribution in [0.1, 0.15) is 19.3 Å². The van der Waals surface area contributed by atoms with Gasteiger partial charge in [0.05, 0.1) is 0 Å². The number of hydrogen-bond donors (Lipinski definition) is 2. The Hall–Kier alpha value is -1.58. The fourth-order valence-electron chi connectivity index (χ4n) is 0.927. The van der Waals surface area contributed by atoms with Gasteiger partial charge in [-0.15, -0.1) is 0 Å². The van der Waals surface area contributed by atoms with Crippen LogP contribution in [0.2, 0.25) is 0 Å². The quantitative estimate of drug-likeness (QED) is 0.615. The minimum Gasteiger partial charge on any atom is -0.274 e. The van der Waals surface area contributed by atoms with Crippen molar-refractivity contribution < 1.29 is 52.8 Å². The Morgan fingerprint density at radius 3 is 1.17 bits per heavy atom. The molecule has 0 atom stereocenters. The molecule has 8 nitrogen and oxygen atoms in total. The summed E-state index contributed by atoms with van der Waals surface area (Å²) in [7, 11) is -11.9. The molecule has 0 radical (unpaired) electrons. The third-order valence-corrected chi connectivity index (χ3v) is 4.13. The summed E-state index contributed by atoms with van der Waals surface area (Å²) in [6.45, 7) is 0. The number of halogens is 6. The summed E-state index contributed by atoms with van der Waals surface area (Å²) in [4.78, 5) is 21.8. The van der Waals surface area contributed by atoms with E-state index in [1.54, 1.807) is 0 Å². The van der Waals surface area contributed by atoms with Crippen LogP contribution < -0.4 is 9.44 Å². The Kier molecular flexibility index (Phi) is 6.42. The van der Waals surface area contributed by atoms with Gasteiger partial charge in [0.2, 0.25) is 11.8 Å². The molecule has 0 saturated heterocycles. The molecule has 0 aliphatic heterocycles. The van der Waals surface area contributed by atoms with Crippen molar-refractivity contribution >= 4 is 31.9 Å². The second kappa shape index (κ2) is 6.90. The van der Waals surface area contributed by atoms with Crippen molar-refractivity contribution in [1.82, 2.24) is 9.44 Å². The van der Waals surface area contributed by atoms with E-state index in [1.807, 2.05) is 0 Å². The van der Waals surface area contributed by atoms with Crippen LogP contribution >= 0.6 is 0 Å². The topological polar surface area (TPSA) is 126 Å². The lowest BCUT2D eigenvalue weighted by Crippen LogP contribution is -2.41. The first-order chi connectivity index (χ1) is 9.99. The highest BCUT2D eigenvalue weighted by Gasteiger charge is 2.47. The first-order valence-corrected chi connectivity index (χ1v) is 8.20. The van der Waals surface area contributed by atoms with Crippen LogP contribution in [0.15, 0.2) is 0 Å². The lowest BCUT2D eigenvalue weighted by Gasteiger charge is -2.10. The molecular formula is C7H8F6N2O6S2. The summed E-state index contributed by atoms with van der Waals surface area (Å²) in [6, 6.07) is 0. The average molecular weight is 394 g/mol. The van der Waals surface area contributed by atoms with E-state index in [2.05, 4.69) is 0 Å². The summed E-state index contributed by atoms with van der Waals surface area (Å²) in [6.07, 6.45) is -2.65. The minimum atomic E-state index is -5.94. The maximum absolute atomic E-state index is 11.9. The van der Waals surface area contributed by atoms with Gasteiger partial charge in [-0.2, -0.15) is 43.2 Å². The number of carbonyl (C=O) groups is 2. The van der Waals surface area contributed by atoms with Crippen molar-refractivity contribution in [3.8, 4) is 0 Å². The lowest BCUT2D eigenvalue weighted by atomic mass is 10.2. The van der Waals surface area contributed by atoms with E-state index in [0.717, 1.165) is 0 Å². The van der Waals surface area contributed by atoms with Gasteiger partial charge >= 0.3 is 31.1 Å². The highest BCUT2D eigenvalue weighted by atomic mass is 32.2. The summed E-state index contributed by atoms with van der Waals surface area (Å²) in [5.74, 6) is -3.34. The van der Waals surface area contributed by atoms with Crippen molar-refractivity contribution in [3.05, 3.63) is 0 Å². The summed E-state index contributed by atoms with van der Waals surface area (Å²) in [5, 5.41) is 0. The highest BCUT2D eigenvalue weighted by molar-refractivity contribution is 7.91. The van der Waals surface area contributed by atoms with Crippen LogP contribution in [0, 0.1) is 0 Å². The average Bonchev–Trinajstić information content (AvgIpc) is 2.23. The molecule has 0 spiro atoms. The van der Waals surface area contributed by atoms with E-state index in [4.69, 9.17) is 0 Å². The second-order valence-corrected chi connectivity index (χ2v) is 7.15. The third kappa shape index (κ3) is 6.59. The molecule has 23 heavy (non-hydrogen) atoms. The van der Waals surface area contributed by atoms with Crippen LogP contribution in [0.4, 0.5) is 26.3 Å². The Labute approximate surface area is 125 Å². The minimum absolute atomic E-state index is 0.621. The van der Waals surface area contributed by atoms with Gasteiger partial charge in [-0.05, 0) is 6.42 Å². The summed E-state index contributed by atoms with van der Waals surface area (Å²) < 4.78 is 115. The van der Waals surface area contributed by atoms with Gasteiger partial charge in [-0.3, -0.25) is 9.59 Å². The Bertz CT molecular complexity index is 607. The molecular weight excluding hydrogens is 386 g/mol. The third-order valence-electron chi connectivity index (χ3n) is 1.91. The molecule has 2 N–H and O–H groups in total. The van der Waals surface area contributed by atoms with Crippen LogP contribution in [0.3, 0.4) is 0 Å². The normalized spacial score (nSPS) is 13.5. The first kappa shape index (κ1) is 21.4. The Balaban J connectivity index is 4.43. The van der Waals surface area contributed by atoms with E-state index < -0.39 is 62.1 Å². The molecule has 0 aromatic heterocycles. The molecule has 0 heterocycles. The molecule has 0 aromatic rings. The number of alkyl halides is 6. The van der Waals surface area contributed by atoms with E-state index in [-0.39, 0.29) is 0 Å². The summed E-state index contributed by atoms with van der Waals surface area (Å²) >= 11 is 0. The number of sulfonamides is 2. The zero-order chi connectivity index (χ0) is 18.7. The van der Waals surface area contributed by atoms with Crippen molar-refractivity contribution in [3.63, 3.8) is 0 Å². The van der Waals surface area contributed by atoms with Crippen molar-refractivity contribution in [2.45, 2.75) is 30.3 Å². The smallest absolute Gasteiger partial charge is 0.274 e. The number of nitrogens with one attached hydrogen (secondary N) is 2. The van der Waals surface area contributed by atoms with Gasteiger partial charge in [-0.25, -0.2) is 9.44 Å². The Morgan fingerprint density at radius 1 is 0.696 bits per heavy atom. The van der Waals surface area contributed by atoms with Gasteiger partial charge in [0, 0.05) is 12.8 Å². The van der Waals surface area contributed by atoms with Crippen LogP contribution in [-0.4, -0.2) is 39.7 Å². The SMILES string of the molecule is O=C(CCCC(=O)NS(=O)(=O)C(F)(F)F)NS(=O)(=O)C(F)(F)F. The fourth-order valence-corrected chi connectivity index (χ4v) is 1.96. The van der Waals surface area contributed by atoms with Gasteiger partial charge in [0.15, 0.2) is 0 Å². The molecule has 16 heteroatoms. The standard InChI is InChI=1S/C7H8F6N2O6S2/c8-6(9,10)22(18,19)14-4(16)2-1-3-5(17)15-23(20,21)7(11,12)13/h1-3H2,(H,14,16)(H,15,17). The molecule has 0 fully saturated rings. The van der Waals surface area contributed by atoms with E-state index in [9.17, 15) is 52.8 Å². The zero-order valence-corrected chi connectivity index (χ0v) is 12.3. The molecule has 0 rings (SSSR count). The van der Waals surface area contributed by atoms with E-state index >= 15 is 0 Å². The van der Waals surface area contributed by atoms with E-state index in [1.165, 1.54) is 0 Å². The van der Waals surface area contributed by atoms with Gasteiger partial charge in [0.25, 0.3) is 0 Å². The van der Waals surface area contributed by atoms with Crippen LogP contribution in [0.5, 0.6) is 0 Å². The van der Waals surface area contributed by atoms with Crippen LogP contribution in [-0.2, 0) is 29.6 Å². The molecule has 0 unspecified atom stereocenters. The number of amides is 2. The zero-order valence-electron chi connectivity index (χ0n) is 10.7. The van der Waals surface area contributed by atoms with Crippen molar-refractivity contribution in [2.75, 3.05) is 0 Å². The predicted molar refractivity (Wildman–Crippen MR) is 60.1 cm³/mol. The van der Waals surface area contributed by atoms with Gasteiger partial charge < -0.3 is 0 Å². The molecule has 0 aromatic carbocycles. The number of hydrogen-bond acceptors (Lipinski definition) is 6. The maximum atomic E-state index is 11.9. The maximum Gasteiger partial charge on any atom is 0.516 e.